The molecule has 2 rings (SSSR count). The molecule has 0 fully saturated rings. The molecular weight excluding hydrogens is 200 g/mol. The van der Waals surface area contributed by atoms with Gasteiger partial charge in [-0.1, -0.05) is 11.6 Å². The van der Waals surface area contributed by atoms with E-state index in [0.29, 0.717) is 17.4 Å². The molecule has 1 aliphatic rings. The summed E-state index contributed by atoms with van der Waals surface area (Å²) in [5.41, 5.74) is 1.88. The number of fused-ring (bicyclic) bond motifs is 1. The molecule has 1 aliphatic heterocycles. The first-order valence-corrected chi connectivity index (χ1v) is 5.17. The predicted molar refractivity (Wildman–Crippen MR) is 55.9 cm³/mol. The molecule has 14 heavy (non-hydrogen) atoms. The van der Waals surface area contributed by atoms with Crippen LogP contribution in [0.3, 0.4) is 0 Å². The highest BCUT2D eigenvalue weighted by Crippen LogP contribution is 2.37. The molecule has 2 nitrogen and oxygen atoms in total. The fourth-order valence-corrected chi connectivity index (χ4v) is 2.10. The van der Waals surface area contributed by atoms with Gasteiger partial charge in [0.25, 0.3) is 0 Å². The van der Waals surface area contributed by atoms with Gasteiger partial charge in [0.05, 0.1) is 17.7 Å². The van der Waals surface area contributed by atoms with Crippen LogP contribution >= 0.6 is 11.6 Å². The van der Waals surface area contributed by atoms with E-state index < -0.39 is 6.10 Å². The quantitative estimate of drug-likeness (QED) is 0.717. The van der Waals surface area contributed by atoms with Crippen molar-refractivity contribution in [1.29, 1.82) is 0 Å². The van der Waals surface area contributed by atoms with E-state index in [1.54, 1.807) is 0 Å². The van der Waals surface area contributed by atoms with Crippen LogP contribution in [0.25, 0.3) is 0 Å². The molecule has 0 bridgehead atoms. The van der Waals surface area contributed by atoms with Gasteiger partial charge in [0, 0.05) is 5.56 Å². The molecule has 0 aliphatic carbocycles. The molecule has 0 unspecified atom stereocenters. The molecule has 0 aromatic heterocycles. The average molecular weight is 213 g/mol. The van der Waals surface area contributed by atoms with Gasteiger partial charge in [-0.3, -0.25) is 0 Å². The Kier molecular flexibility index (Phi) is 2.66. The molecule has 0 saturated heterocycles. The zero-order chi connectivity index (χ0) is 10.1. The van der Waals surface area contributed by atoms with Crippen molar-refractivity contribution in [3.05, 3.63) is 28.3 Å². The Balaban J connectivity index is 2.53. The first-order chi connectivity index (χ1) is 6.68. The molecular formula is C11H13ClO2. The zero-order valence-electron chi connectivity index (χ0n) is 8.09. The Labute approximate surface area is 88.5 Å². The summed E-state index contributed by atoms with van der Waals surface area (Å²) in [6.07, 6.45) is 1.17. The van der Waals surface area contributed by atoms with Gasteiger partial charge in [-0.05, 0) is 37.5 Å². The van der Waals surface area contributed by atoms with Gasteiger partial charge in [0.2, 0.25) is 0 Å². The summed E-state index contributed by atoms with van der Waals surface area (Å²) in [5, 5.41) is 10.4. The fraction of sp³-hybridized carbons (Fsp3) is 0.455. The number of ether oxygens (including phenoxy) is 1. The van der Waals surface area contributed by atoms with Crippen LogP contribution < -0.4 is 4.74 Å². The van der Waals surface area contributed by atoms with Crippen molar-refractivity contribution in [3.8, 4) is 5.75 Å². The summed E-state index contributed by atoms with van der Waals surface area (Å²) >= 11 is 6.05. The molecule has 0 amide bonds. The van der Waals surface area contributed by atoms with Crippen molar-refractivity contribution in [2.45, 2.75) is 25.9 Å². The summed E-state index contributed by atoms with van der Waals surface area (Å²) in [4.78, 5) is 0. The minimum atomic E-state index is -0.440. The van der Waals surface area contributed by atoms with Crippen molar-refractivity contribution in [2.75, 3.05) is 6.61 Å². The third-order valence-corrected chi connectivity index (χ3v) is 2.72. The van der Waals surface area contributed by atoms with E-state index in [-0.39, 0.29) is 0 Å². The maximum Gasteiger partial charge on any atom is 0.143 e. The van der Waals surface area contributed by atoms with Crippen LogP contribution in [0.1, 0.15) is 30.1 Å². The van der Waals surface area contributed by atoms with E-state index in [4.69, 9.17) is 16.3 Å². The second-order valence-electron chi connectivity index (χ2n) is 3.67. The van der Waals surface area contributed by atoms with Crippen LogP contribution in [0.4, 0.5) is 0 Å². The molecule has 1 aromatic rings. The van der Waals surface area contributed by atoms with Gasteiger partial charge in [-0.25, -0.2) is 0 Å². The Morgan fingerprint density at radius 1 is 1.50 bits per heavy atom. The third kappa shape index (κ3) is 1.72. The minimum Gasteiger partial charge on any atom is -0.492 e. The van der Waals surface area contributed by atoms with E-state index in [1.807, 2.05) is 19.1 Å². The number of hydrogen-bond acceptors (Lipinski definition) is 2. The largest absolute Gasteiger partial charge is 0.492 e. The predicted octanol–water partition coefficient (Wildman–Crippen LogP) is 2.85. The van der Waals surface area contributed by atoms with E-state index in [0.717, 1.165) is 24.0 Å². The minimum absolute atomic E-state index is 0.440. The number of benzene rings is 1. The Morgan fingerprint density at radius 3 is 3.07 bits per heavy atom. The molecule has 0 radical (unpaired) electrons. The summed E-state index contributed by atoms with van der Waals surface area (Å²) in [6, 6.07) is 3.80. The Bertz CT molecular complexity index is 349. The lowest BCUT2D eigenvalue weighted by Crippen LogP contribution is -1.97. The third-order valence-electron chi connectivity index (χ3n) is 2.44. The highest BCUT2D eigenvalue weighted by Gasteiger charge is 2.20. The number of hydrogen-bond donors (Lipinski definition) is 1. The number of rotatable bonds is 0. The number of halogens is 1. The normalized spacial score (nSPS) is 20.9. The zero-order valence-corrected chi connectivity index (χ0v) is 8.84. The van der Waals surface area contributed by atoms with E-state index >= 15 is 0 Å². The first kappa shape index (κ1) is 9.81. The number of aliphatic hydroxyl groups excluding tert-OH is 1. The summed E-state index contributed by atoms with van der Waals surface area (Å²) < 4.78 is 5.51. The smallest absolute Gasteiger partial charge is 0.143 e. The maximum atomic E-state index is 9.85. The van der Waals surface area contributed by atoms with Crippen molar-refractivity contribution in [2.24, 2.45) is 0 Å². The van der Waals surface area contributed by atoms with Gasteiger partial charge in [-0.15, -0.1) is 0 Å². The van der Waals surface area contributed by atoms with Crippen molar-refractivity contribution < 1.29 is 9.84 Å². The summed E-state index contributed by atoms with van der Waals surface area (Å²) in [7, 11) is 0. The Morgan fingerprint density at radius 2 is 2.29 bits per heavy atom. The second kappa shape index (κ2) is 3.79. The highest BCUT2D eigenvalue weighted by atomic mass is 35.5. The van der Waals surface area contributed by atoms with Crippen molar-refractivity contribution in [3.63, 3.8) is 0 Å². The molecule has 1 atom stereocenters. The molecule has 3 heteroatoms. The van der Waals surface area contributed by atoms with Gasteiger partial charge in [-0.2, -0.15) is 0 Å². The standard InChI is InChI=1S/C11H13ClO2/c1-7-5-8-10(13)3-2-4-14-11(8)9(12)6-7/h5-6,10,13H,2-4H2,1H3/t10-/m0/s1. The van der Waals surface area contributed by atoms with Crippen LogP contribution in [0.15, 0.2) is 12.1 Å². The lowest BCUT2D eigenvalue weighted by Gasteiger charge is -2.13. The molecule has 0 spiro atoms. The summed E-state index contributed by atoms with van der Waals surface area (Å²) in [6.45, 7) is 2.59. The van der Waals surface area contributed by atoms with Gasteiger partial charge >= 0.3 is 0 Å². The van der Waals surface area contributed by atoms with E-state index in [9.17, 15) is 5.11 Å². The van der Waals surface area contributed by atoms with Crippen LogP contribution in [0.2, 0.25) is 5.02 Å². The summed E-state index contributed by atoms with van der Waals surface area (Å²) in [5.74, 6) is 0.655. The van der Waals surface area contributed by atoms with E-state index in [1.165, 1.54) is 0 Å². The topological polar surface area (TPSA) is 29.5 Å². The van der Waals surface area contributed by atoms with Crippen LogP contribution in [-0.4, -0.2) is 11.7 Å². The SMILES string of the molecule is Cc1cc(Cl)c2c(c1)[C@@H](O)CCCO2. The van der Waals surface area contributed by atoms with Crippen LogP contribution in [-0.2, 0) is 0 Å². The average Bonchev–Trinajstić information content (AvgIpc) is 2.29. The van der Waals surface area contributed by atoms with Crippen LogP contribution in [0, 0.1) is 6.92 Å². The van der Waals surface area contributed by atoms with Gasteiger partial charge in [0.1, 0.15) is 5.75 Å². The van der Waals surface area contributed by atoms with Gasteiger partial charge < -0.3 is 9.84 Å². The second-order valence-corrected chi connectivity index (χ2v) is 4.08. The number of aliphatic hydroxyl groups is 1. The molecule has 1 heterocycles. The molecule has 1 N–H and O–H groups in total. The lowest BCUT2D eigenvalue weighted by atomic mass is 10.0. The monoisotopic (exact) mass is 212 g/mol. The van der Waals surface area contributed by atoms with Crippen molar-refractivity contribution >= 4 is 11.6 Å². The molecule has 76 valence electrons. The van der Waals surface area contributed by atoms with Gasteiger partial charge in [0.15, 0.2) is 0 Å². The number of aryl methyl sites for hydroxylation is 1. The Hall–Kier alpha value is -0.730. The van der Waals surface area contributed by atoms with Crippen LogP contribution in [0.5, 0.6) is 5.75 Å². The lowest BCUT2D eigenvalue weighted by molar-refractivity contribution is 0.167. The molecule has 0 saturated carbocycles. The molecule has 1 aromatic carbocycles. The maximum absolute atomic E-state index is 9.85. The first-order valence-electron chi connectivity index (χ1n) is 4.79. The van der Waals surface area contributed by atoms with E-state index in [2.05, 4.69) is 0 Å². The van der Waals surface area contributed by atoms with Crippen molar-refractivity contribution in [1.82, 2.24) is 0 Å². The fourth-order valence-electron chi connectivity index (χ4n) is 1.76. The highest BCUT2D eigenvalue weighted by molar-refractivity contribution is 6.32.